The van der Waals surface area contributed by atoms with Crippen molar-refractivity contribution in [2.45, 2.75) is 0 Å². The van der Waals surface area contributed by atoms with Gasteiger partial charge in [-0.2, -0.15) is 0 Å². The summed E-state index contributed by atoms with van der Waals surface area (Å²) in [5, 5.41) is 11.3. The molecule has 0 bridgehead atoms. The second-order valence-electron chi connectivity index (χ2n) is 3.66. The Morgan fingerprint density at radius 3 is 2.17 bits per heavy atom. The number of nitrogens with one attached hydrogen (secondary N) is 1. The van der Waals surface area contributed by atoms with E-state index in [9.17, 15) is 10.1 Å². The second kappa shape index (κ2) is 5.63. The van der Waals surface area contributed by atoms with Crippen molar-refractivity contribution in [3.63, 3.8) is 0 Å². The van der Waals surface area contributed by atoms with Gasteiger partial charge in [-0.1, -0.05) is 36.4 Å². The highest BCUT2D eigenvalue weighted by Crippen LogP contribution is 2.09. The first-order valence-corrected chi connectivity index (χ1v) is 5.49. The van der Waals surface area contributed by atoms with E-state index in [2.05, 4.69) is 23.2 Å². The largest absolute Gasteiger partial charge is 0.361 e. The number of rotatable bonds is 1. The minimum Gasteiger partial charge on any atom is -0.361 e. The molecule has 0 fully saturated rings. The first kappa shape index (κ1) is 11.9. The third-order valence-corrected chi connectivity index (χ3v) is 2.43. The van der Waals surface area contributed by atoms with Crippen LogP contribution in [0.5, 0.6) is 0 Å². The van der Waals surface area contributed by atoms with Crippen molar-refractivity contribution in [3.8, 4) is 0 Å². The molecular formula is C14H12N2O2. The molecule has 0 spiro atoms. The molecule has 4 heteroatoms. The van der Waals surface area contributed by atoms with Crippen LogP contribution in [0.3, 0.4) is 0 Å². The van der Waals surface area contributed by atoms with Gasteiger partial charge >= 0.3 is 0 Å². The lowest BCUT2D eigenvalue weighted by atomic mass is 10.3. The molecule has 1 heterocycles. The van der Waals surface area contributed by atoms with Crippen LogP contribution in [0, 0.1) is 10.1 Å². The van der Waals surface area contributed by atoms with Crippen molar-refractivity contribution in [1.82, 2.24) is 4.98 Å². The number of aromatic amines is 1. The zero-order chi connectivity index (χ0) is 12.8. The fourth-order valence-corrected chi connectivity index (χ4v) is 1.54. The van der Waals surface area contributed by atoms with E-state index in [-0.39, 0.29) is 5.69 Å². The summed E-state index contributed by atoms with van der Waals surface area (Å²) in [6.07, 6.45) is 1.95. The Kier molecular flexibility index (Phi) is 3.71. The van der Waals surface area contributed by atoms with E-state index in [1.165, 1.54) is 23.0 Å². The number of hydrogen-bond donors (Lipinski definition) is 1. The highest BCUT2D eigenvalue weighted by Gasteiger charge is 1.98. The maximum atomic E-state index is 10.0. The molecule has 3 aromatic rings. The van der Waals surface area contributed by atoms with Gasteiger partial charge in [-0.05, 0) is 17.5 Å². The fraction of sp³-hybridized carbons (Fsp3) is 0. The zero-order valence-electron chi connectivity index (χ0n) is 9.61. The topological polar surface area (TPSA) is 58.9 Å². The van der Waals surface area contributed by atoms with Gasteiger partial charge in [-0.25, -0.2) is 0 Å². The summed E-state index contributed by atoms with van der Waals surface area (Å²) in [5.74, 6) is 0. The normalized spacial score (nSPS) is 9.56. The molecule has 0 aliphatic heterocycles. The standard InChI is InChI=1S/C8H7N.C6H5NO2/c1-2-4-8-7(3-1)5-6-9-8;8-7(9)6-4-2-1-3-5-6/h1-6,9H;1-5H. The summed E-state index contributed by atoms with van der Waals surface area (Å²) in [7, 11) is 0. The summed E-state index contributed by atoms with van der Waals surface area (Å²) < 4.78 is 0. The number of benzene rings is 2. The zero-order valence-corrected chi connectivity index (χ0v) is 9.61. The molecule has 3 rings (SSSR count). The first-order valence-electron chi connectivity index (χ1n) is 5.49. The maximum Gasteiger partial charge on any atom is 0.269 e. The van der Waals surface area contributed by atoms with Gasteiger partial charge in [0, 0.05) is 23.8 Å². The lowest BCUT2D eigenvalue weighted by Crippen LogP contribution is -1.84. The molecule has 4 nitrogen and oxygen atoms in total. The molecule has 1 N–H and O–H groups in total. The van der Waals surface area contributed by atoms with Gasteiger partial charge in [-0.15, -0.1) is 0 Å². The number of nitro benzene ring substituents is 1. The molecule has 90 valence electrons. The molecule has 0 unspecified atom stereocenters. The number of nitrogens with zero attached hydrogens (tertiary/aromatic N) is 1. The smallest absolute Gasteiger partial charge is 0.269 e. The van der Waals surface area contributed by atoms with Crippen molar-refractivity contribution >= 4 is 16.6 Å². The van der Waals surface area contributed by atoms with Gasteiger partial charge in [0.25, 0.3) is 5.69 Å². The van der Waals surface area contributed by atoms with Gasteiger partial charge in [0.2, 0.25) is 0 Å². The number of aromatic nitrogens is 1. The summed E-state index contributed by atoms with van der Waals surface area (Å²) in [6, 6.07) is 18.2. The molecule has 0 aliphatic carbocycles. The highest BCUT2D eigenvalue weighted by molar-refractivity contribution is 5.78. The molecule has 18 heavy (non-hydrogen) atoms. The Morgan fingerprint density at radius 1 is 0.889 bits per heavy atom. The summed E-state index contributed by atoms with van der Waals surface area (Å²) in [6.45, 7) is 0. The van der Waals surface area contributed by atoms with E-state index in [0.29, 0.717) is 0 Å². The van der Waals surface area contributed by atoms with Crippen LogP contribution in [-0.2, 0) is 0 Å². The van der Waals surface area contributed by atoms with Gasteiger partial charge in [0.05, 0.1) is 4.92 Å². The minimum atomic E-state index is -0.417. The van der Waals surface area contributed by atoms with Gasteiger partial charge in [0.1, 0.15) is 0 Å². The molecule has 0 saturated carbocycles. The van der Waals surface area contributed by atoms with Crippen molar-refractivity contribution in [3.05, 3.63) is 77.0 Å². The van der Waals surface area contributed by atoms with Crippen LogP contribution in [0.1, 0.15) is 0 Å². The van der Waals surface area contributed by atoms with Crippen LogP contribution in [0.25, 0.3) is 10.9 Å². The minimum absolute atomic E-state index is 0.137. The maximum absolute atomic E-state index is 10.0. The summed E-state index contributed by atoms with van der Waals surface area (Å²) in [5.41, 5.74) is 1.34. The van der Waals surface area contributed by atoms with Gasteiger partial charge in [-0.3, -0.25) is 10.1 Å². The Hall–Kier alpha value is -2.62. The summed E-state index contributed by atoms with van der Waals surface area (Å²) >= 11 is 0. The lowest BCUT2D eigenvalue weighted by molar-refractivity contribution is -0.384. The number of H-pyrrole nitrogens is 1. The van der Waals surface area contributed by atoms with Crippen LogP contribution in [0.2, 0.25) is 0 Å². The predicted molar refractivity (Wildman–Crippen MR) is 71.4 cm³/mol. The molecule has 2 aromatic carbocycles. The number of fused-ring (bicyclic) bond motifs is 1. The first-order chi connectivity index (χ1) is 8.77. The average Bonchev–Trinajstić information content (AvgIpc) is 2.89. The third-order valence-electron chi connectivity index (χ3n) is 2.43. The number of para-hydroxylation sites is 2. The Bertz CT molecular complexity index is 602. The van der Waals surface area contributed by atoms with E-state index < -0.39 is 4.92 Å². The number of nitro groups is 1. The Morgan fingerprint density at radius 2 is 1.56 bits per heavy atom. The van der Waals surface area contributed by atoms with Crippen LogP contribution >= 0.6 is 0 Å². The molecule has 0 atom stereocenters. The van der Waals surface area contributed by atoms with E-state index in [4.69, 9.17) is 0 Å². The molecule has 0 radical (unpaired) electrons. The molecule has 0 saturated heterocycles. The van der Waals surface area contributed by atoms with Crippen molar-refractivity contribution in [1.29, 1.82) is 0 Å². The van der Waals surface area contributed by atoms with E-state index >= 15 is 0 Å². The van der Waals surface area contributed by atoms with E-state index in [0.717, 1.165) is 0 Å². The number of hydrogen-bond acceptors (Lipinski definition) is 2. The average molecular weight is 240 g/mol. The molecular weight excluding hydrogens is 228 g/mol. The number of non-ortho nitro benzene ring substituents is 1. The van der Waals surface area contributed by atoms with Crippen molar-refractivity contribution in [2.24, 2.45) is 0 Å². The van der Waals surface area contributed by atoms with Crippen LogP contribution in [0.4, 0.5) is 5.69 Å². The molecule has 1 aromatic heterocycles. The van der Waals surface area contributed by atoms with Crippen LogP contribution in [-0.4, -0.2) is 9.91 Å². The lowest BCUT2D eigenvalue weighted by Gasteiger charge is -1.85. The highest BCUT2D eigenvalue weighted by atomic mass is 16.6. The van der Waals surface area contributed by atoms with Crippen LogP contribution < -0.4 is 0 Å². The Labute approximate surface area is 104 Å². The third kappa shape index (κ3) is 2.95. The molecule has 0 aliphatic rings. The molecule has 0 amide bonds. The SMILES string of the molecule is O=[N+]([O-])c1ccccc1.c1ccc2[nH]ccc2c1. The van der Waals surface area contributed by atoms with E-state index in [1.807, 2.05) is 18.3 Å². The second-order valence-corrected chi connectivity index (χ2v) is 3.66. The fourth-order valence-electron chi connectivity index (χ4n) is 1.54. The summed E-state index contributed by atoms with van der Waals surface area (Å²) in [4.78, 5) is 12.7. The van der Waals surface area contributed by atoms with Crippen molar-refractivity contribution in [2.75, 3.05) is 0 Å². The van der Waals surface area contributed by atoms with Gasteiger partial charge in [0.15, 0.2) is 0 Å². The Balaban J connectivity index is 0.000000134. The quantitative estimate of drug-likeness (QED) is 0.520. The van der Waals surface area contributed by atoms with Crippen LogP contribution in [0.15, 0.2) is 66.9 Å². The van der Waals surface area contributed by atoms with Crippen molar-refractivity contribution < 1.29 is 4.92 Å². The van der Waals surface area contributed by atoms with Gasteiger partial charge < -0.3 is 4.98 Å². The van der Waals surface area contributed by atoms with E-state index in [1.54, 1.807) is 18.2 Å². The predicted octanol–water partition coefficient (Wildman–Crippen LogP) is 3.76. The monoisotopic (exact) mass is 240 g/mol.